The maximum Gasteiger partial charge on any atom is 0.214 e. The van der Waals surface area contributed by atoms with Gasteiger partial charge in [-0.05, 0) is 33.3 Å². The first-order chi connectivity index (χ1) is 12.9. The van der Waals surface area contributed by atoms with E-state index in [1.165, 1.54) is 16.3 Å². The van der Waals surface area contributed by atoms with Crippen LogP contribution in [0.4, 0.5) is 0 Å². The summed E-state index contributed by atoms with van der Waals surface area (Å²) in [5.41, 5.74) is 2.36. The highest BCUT2D eigenvalue weighted by Crippen LogP contribution is 2.18. The molecule has 0 fully saturated rings. The van der Waals surface area contributed by atoms with Crippen LogP contribution in [0, 0.1) is 0 Å². The van der Waals surface area contributed by atoms with Gasteiger partial charge in [-0.2, -0.15) is 4.68 Å². The van der Waals surface area contributed by atoms with Gasteiger partial charge in [0, 0.05) is 5.56 Å². The van der Waals surface area contributed by atoms with E-state index in [1.807, 2.05) is 30.3 Å². The first-order valence-corrected chi connectivity index (χ1v) is 9.65. The Kier molecular flexibility index (Phi) is 5.23. The van der Waals surface area contributed by atoms with Crippen LogP contribution in [0.5, 0.6) is 0 Å². The molecule has 0 saturated carbocycles. The monoisotopic (exact) mass is 362 g/mol. The van der Waals surface area contributed by atoms with Gasteiger partial charge in [0.1, 0.15) is 6.54 Å². The van der Waals surface area contributed by atoms with Crippen molar-refractivity contribution in [2.24, 2.45) is 0 Å². The Morgan fingerprint density at radius 2 is 1.69 bits per heavy atom. The van der Waals surface area contributed by atoms with Crippen molar-refractivity contribution in [1.29, 1.82) is 0 Å². The molecule has 0 aliphatic carbocycles. The van der Waals surface area contributed by atoms with Crippen molar-refractivity contribution in [1.82, 2.24) is 20.2 Å². The molecule has 1 aromatic heterocycles. The average Bonchev–Trinajstić information content (AvgIpc) is 3.17. The van der Waals surface area contributed by atoms with Crippen LogP contribution in [-0.4, -0.2) is 32.5 Å². The molecule has 0 amide bonds. The molecule has 0 atom stereocenters. The molecule has 130 valence electrons. The number of rotatable bonds is 7. The van der Waals surface area contributed by atoms with E-state index in [9.17, 15) is 0 Å². The molecule has 0 aliphatic rings. The highest BCUT2D eigenvalue weighted by atomic mass is 32.2. The van der Waals surface area contributed by atoms with Crippen LogP contribution in [0.3, 0.4) is 0 Å². The molecule has 0 bridgehead atoms. The summed E-state index contributed by atoms with van der Waals surface area (Å²) < 4.78 is 1.79. The summed E-state index contributed by atoms with van der Waals surface area (Å²) in [4.78, 5) is 0. The smallest absolute Gasteiger partial charge is 0.214 e. The predicted molar refractivity (Wildman–Crippen MR) is 104 cm³/mol. The molecule has 0 unspecified atom stereocenters. The van der Waals surface area contributed by atoms with Gasteiger partial charge in [-0.15, -0.1) is 5.10 Å². The van der Waals surface area contributed by atoms with E-state index in [4.69, 9.17) is 0 Å². The Labute approximate surface area is 156 Å². The Morgan fingerprint density at radius 3 is 2.62 bits per heavy atom. The number of nitrogens with zero attached hydrogens (tertiary/aromatic N) is 4. The lowest BCUT2D eigenvalue weighted by Gasteiger charge is -2.06. The first-order valence-electron chi connectivity index (χ1n) is 8.67. The van der Waals surface area contributed by atoms with Crippen molar-refractivity contribution < 1.29 is 5.32 Å². The normalized spacial score (nSPS) is 11.1. The molecule has 0 saturated heterocycles. The molecule has 0 spiro atoms. The van der Waals surface area contributed by atoms with Crippen molar-refractivity contribution in [3.05, 3.63) is 78.4 Å². The summed E-state index contributed by atoms with van der Waals surface area (Å²) >= 11 is 1.68. The SMILES string of the molecule is c1ccc(-n2nnnc2SCC[NH2+]Cc2cccc3ccccc23)cc1. The number of fused-ring (bicyclic) bond motifs is 1. The number of quaternary nitrogens is 1. The summed E-state index contributed by atoms with van der Waals surface area (Å²) in [5.74, 6) is 0.956. The fourth-order valence-corrected chi connectivity index (χ4v) is 3.79. The van der Waals surface area contributed by atoms with Gasteiger partial charge in [-0.3, -0.25) is 0 Å². The minimum atomic E-state index is 0.828. The molecule has 5 nitrogen and oxygen atoms in total. The summed E-state index contributed by atoms with van der Waals surface area (Å²) in [5, 5.41) is 17.9. The van der Waals surface area contributed by atoms with Gasteiger partial charge in [0.15, 0.2) is 0 Å². The molecule has 1 heterocycles. The molecule has 4 aromatic rings. The number of aromatic nitrogens is 4. The number of para-hydroxylation sites is 1. The molecule has 6 heteroatoms. The number of benzene rings is 3. The zero-order valence-electron chi connectivity index (χ0n) is 14.3. The highest BCUT2D eigenvalue weighted by Gasteiger charge is 2.09. The third kappa shape index (κ3) is 3.76. The van der Waals surface area contributed by atoms with Crippen LogP contribution >= 0.6 is 11.8 Å². The van der Waals surface area contributed by atoms with Gasteiger partial charge in [0.25, 0.3) is 0 Å². The standard InChI is InChI=1S/C20H19N5S/c1-2-10-18(11-3-1)25-20(22-23-24-25)26-14-13-21-15-17-9-6-8-16-7-4-5-12-19(16)17/h1-12,21H,13-15H2/p+1. The molecular formula is C20H20N5S+. The fraction of sp³-hybridized carbons (Fsp3) is 0.150. The molecule has 0 aliphatic heterocycles. The molecule has 26 heavy (non-hydrogen) atoms. The van der Waals surface area contributed by atoms with E-state index < -0.39 is 0 Å². The predicted octanol–water partition coefficient (Wildman–Crippen LogP) is 2.67. The molecular weight excluding hydrogens is 342 g/mol. The van der Waals surface area contributed by atoms with Crippen LogP contribution in [0.25, 0.3) is 16.5 Å². The lowest BCUT2D eigenvalue weighted by Crippen LogP contribution is -2.83. The van der Waals surface area contributed by atoms with Crippen LogP contribution < -0.4 is 5.32 Å². The van der Waals surface area contributed by atoms with Crippen molar-refractivity contribution in [3.63, 3.8) is 0 Å². The topological polar surface area (TPSA) is 60.2 Å². The Morgan fingerprint density at radius 1 is 0.885 bits per heavy atom. The quantitative estimate of drug-likeness (QED) is 0.406. The van der Waals surface area contributed by atoms with E-state index in [2.05, 4.69) is 63.3 Å². The van der Waals surface area contributed by atoms with Crippen LogP contribution in [-0.2, 0) is 6.54 Å². The van der Waals surface area contributed by atoms with Crippen molar-refractivity contribution in [3.8, 4) is 5.69 Å². The van der Waals surface area contributed by atoms with E-state index in [1.54, 1.807) is 16.4 Å². The molecule has 2 N–H and O–H groups in total. The third-order valence-corrected chi connectivity index (χ3v) is 5.19. The van der Waals surface area contributed by atoms with Crippen LogP contribution in [0.1, 0.15) is 5.56 Å². The van der Waals surface area contributed by atoms with Gasteiger partial charge in [0.05, 0.1) is 18.0 Å². The fourth-order valence-electron chi connectivity index (χ4n) is 2.96. The largest absolute Gasteiger partial charge is 0.342 e. The number of tetrazole rings is 1. The molecule has 4 rings (SSSR count). The zero-order chi connectivity index (χ0) is 17.6. The van der Waals surface area contributed by atoms with Crippen molar-refractivity contribution >= 4 is 22.5 Å². The van der Waals surface area contributed by atoms with E-state index >= 15 is 0 Å². The second-order valence-corrected chi connectivity index (χ2v) is 7.04. The highest BCUT2D eigenvalue weighted by molar-refractivity contribution is 7.99. The van der Waals surface area contributed by atoms with Crippen molar-refractivity contribution in [2.75, 3.05) is 12.3 Å². The Hall–Kier alpha value is -2.70. The van der Waals surface area contributed by atoms with Crippen LogP contribution in [0.15, 0.2) is 78.0 Å². The van der Waals surface area contributed by atoms with Gasteiger partial charge in [-0.1, -0.05) is 72.4 Å². The maximum absolute atomic E-state index is 4.14. The van der Waals surface area contributed by atoms with E-state index in [0.29, 0.717) is 0 Å². The minimum absolute atomic E-state index is 0.828. The van der Waals surface area contributed by atoms with E-state index in [0.717, 1.165) is 29.7 Å². The van der Waals surface area contributed by atoms with E-state index in [-0.39, 0.29) is 0 Å². The number of thioether (sulfide) groups is 1. The second kappa shape index (κ2) is 8.12. The van der Waals surface area contributed by atoms with Gasteiger partial charge in [0.2, 0.25) is 5.16 Å². The lowest BCUT2D eigenvalue weighted by molar-refractivity contribution is -0.666. The molecule has 0 radical (unpaired) electrons. The second-order valence-electron chi connectivity index (χ2n) is 5.98. The Bertz CT molecular complexity index is 978. The number of nitrogens with two attached hydrogens (primary N) is 1. The minimum Gasteiger partial charge on any atom is -0.342 e. The van der Waals surface area contributed by atoms with Gasteiger partial charge >= 0.3 is 0 Å². The summed E-state index contributed by atoms with van der Waals surface area (Å²) in [7, 11) is 0. The first kappa shape index (κ1) is 16.8. The van der Waals surface area contributed by atoms with Gasteiger partial charge in [-0.25, -0.2) is 0 Å². The van der Waals surface area contributed by atoms with Gasteiger partial charge < -0.3 is 5.32 Å². The summed E-state index contributed by atoms with van der Waals surface area (Å²) in [6, 6.07) is 25.0. The summed E-state index contributed by atoms with van der Waals surface area (Å²) in [6.45, 7) is 1.99. The number of hydrogen-bond acceptors (Lipinski definition) is 4. The molecule has 3 aromatic carbocycles. The Balaban J connectivity index is 1.32. The number of hydrogen-bond donors (Lipinski definition) is 1. The summed E-state index contributed by atoms with van der Waals surface area (Å²) in [6.07, 6.45) is 0. The maximum atomic E-state index is 4.14. The average molecular weight is 362 g/mol. The lowest BCUT2D eigenvalue weighted by atomic mass is 10.0. The third-order valence-electron chi connectivity index (χ3n) is 4.24. The van der Waals surface area contributed by atoms with Crippen LogP contribution in [0.2, 0.25) is 0 Å². The van der Waals surface area contributed by atoms with Crippen molar-refractivity contribution in [2.45, 2.75) is 11.7 Å². The zero-order valence-corrected chi connectivity index (χ0v) is 15.1.